The van der Waals surface area contributed by atoms with Crippen LogP contribution < -0.4 is 10.6 Å². The van der Waals surface area contributed by atoms with Gasteiger partial charge in [0.1, 0.15) is 6.04 Å². The summed E-state index contributed by atoms with van der Waals surface area (Å²) in [4.78, 5) is 22.9. The monoisotopic (exact) mass is 334 g/mol. The van der Waals surface area contributed by atoms with Crippen LogP contribution in [0.1, 0.15) is 12.8 Å². The second-order valence-corrected chi connectivity index (χ2v) is 5.06. The molecule has 0 unspecified atom stereocenters. The molecule has 0 aromatic heterocycles. The lowest BCUT2D eigenvalue weighted by Crippen LogP contribution is -2.40. The third-order valence-electron chi connectivity index (χ3n) is 2.64. The summed E-state index contributed by atoms with van der Waals surface area (Å²) in [6.45, 7) is 0.252. The van der Waals surface area contributed by atoms with Gasteiger partial charge in [-0.15, -0.1) is 0 Å². The number of halogens is 2. The van der Waals surface area contributed by atoms with Gasteiger partial charge < -0.3 is 20.8 Å². The molecule has 8 heteroatoms. The average molecular weight is 335 g/mol. The Morgan fingerprint density at radius 3 is 2.62 bits per heavy atom. The Bertz CT molecular complexity index is 511. The minimum Gasteiger partial charge on any atom is -0.480 e. The molecule has 1 amide bonds. The predicted octanol–water partition coefficient (Wildman–Crippen LogP) is 1.75. The standard InChI is InChI=1S/C13H16Cl2N2O4/c14-8-3-1-4-9(12(8)15)17-11(19)7-10(13(20)21)16-5-2-6-18/h1,3-4,10,16,18H,2,5-7H2,(H,17,19)(H,20,21)/t10-/m0/s1. The lowest BCUT2D eigenvalue weighted by molar-refractivity contribution is -0.141. The number of carboxylic acid groups (broad SMARTS) is 1. The quantitative estimate of drug-likeness (QED) is 0.543. The number of carbonyl (C=O) groups is 2. The maximum absolute atomic E-state index is 11.9. The third kappa shape index (κ3) is 5.89. The molecule has 1 rings (SSSR count). The van der Waals surface area contributed by atoms with Crippen LogP contribution in [0.15, 0.2) is 18.2 Å². The highest BCUT2D eigenvalue weighted by atomic mass is 35.5. The zero-order chi connectivity index (χ0) is 15.8. The van der Waals surface area contributed by atoms with E-state index in [9.17, 15) is 9.59 Å². The van der Waals surface area contributed by atoms with Gasteiger partial charge in [0, 0.05) is 6.61 Å². The smallest absolute Gasteiger partial charge is 0.321 e. The number of hydrogen-bond acceptors (Lipinski definition) is 4. The molecule has 1 atom stereocenters. The third-order valence-corrected chi connectivity index (χ3v) is 3.46. The van der Waals surface area contributed by atoms with Crippen LogP contribution in [0, 0.1) is 0 Å². The van der Waals surface area contributed by atoms with E-state index in [0.29, 0.717) is 23.7 Å². The Labute approximate surface area is 132 Å². The lowest BCUT2D eigenvalue weighted by atomic mass is 10.2. The van der Waals surface area contributed by atoms with Crippen molar-refractivity contribution in [1.82, 2.24) is 5.32 Å². The fourth-order valence-electron chi connectivity index (χ4n) is 1.59. The van der Waals surface area contributed by atoms with Crippen LogP contribution >= 0.6 is 23.2 Å². The number of hydrogen-bond donors (Lipinski definition) is 4. The van der Waals surface area contributed by atoms with Gasteiger partial charge in [-0.2, -0.15) is 0 Å². The fraction of sp³-hybridized carbons (Fsp3) is 0.385. The van der Waals surface area contributed by atoms with Crippen LogP contribution in [0.5, 0.6) is 0 Å². The summed E-state index contributed by atoms with van der Waals surface area (Å²) < 4.78 is 0. The van der Waals surface area contributed by atoms with Gasteiger partial charge in [-0.05, 0) is 25.1 Å². The first kappa shape index (κ1) is 17.7. The van der Waals surface area contributed by atoms with Crippen LogP contribution in [-0.4, -0.2) is 41.3 Å². The van der Waals surface area contributed by atoms with E-state index in [1.165, 1.54) is 0 Å². The van der Waals surface area contributed by atoms with E-state index >= 15 is 0 Å². The number of amides is 1. The lowest BCUT2D eigenvalue weighted by Gasteiger charge is -2.14. The van der Waals surface area contributed by atoms with E-state index in [1.807, 2.05) is 0 Å². The summed E-state index contributed by atoms with van der Waals surface area (Å²) >= 11 is 11.8. The molecular weight excluding hydrogens is 319 g/mol. The number of anilines is 1. The molecule has 0 aliphatic rings. The molecule has 0 heterocycles. The van der Waals surface area contributed by atoms with Gasteiger partial charge >= 0.3 is 5.97 Å². The Kier molecular flexibility index (Phi) is 7.45. The second-order valence-electron chi connectivity index (χ2n) is 4.28. The Balaban J connectivity index is 2.61. The average Bonchev–Trinajstić information content (AvgIpc) is 2.43. The topological polar surface area (TPSA) is 98.7 Å². The highest BCUT2D eigenvalue weighted by molar-refractivity contribution is 6.43. The van der Waals surface area contributed by atoms with E-state index < -0.39 is 17.9 Å². The maximum Gasteiger partial charge on any atom is 0.321 e. The Morgan fingerprint density at radius 2 is 2.00 bits per heavy atom. The number of aliphatic hydroxyl groups is 1. The molecular formula is C13H16Cl2N2O4. The molecule has 4 N–H and O–H groups in total. The first-order valence-electron chi connectivity index (χ1n) is 6.26. The summed E-state index contributed by atoms with van der Waals surface area (Å²) in [6, 6.07) is 3.74. The molecule has 0 saturated heterocycles. The van der Waals surface area contributed by atoms with Crippen molar-refractivity contribution in [2.24, 2.45) is 0 Å². The molecule has 0 spiro atoms. The van der Waals surface area contributed by atoms with Crippen LogP contribution in [0.2, 0.25) is 10.0 Å². The summed E-state index contributed by atoms with van der Waals surface area (Å²) in [5.41, 5.74) is 0.327. The number of benzene rings is 1. The first-order valence-corrected chi connectivity index (χ1v) is 7.02. The normalized spacial score (nSPS) is 12.0. The largest absolute Gasteiger partial charge is 0.480 e. The van der Waals surface area contributed by atoms with Crippen molar-refractivity contribution in [3.63, 3.8) is 0 Å². The van der Waals surface area contributed by atoms with Crippen molar-refractivity contribution in [1.29, 1.82) is 0 Å². The van der Waals surface area contributed by atoms with Gasteiger partial charge in [-0.1, -0.05) is 29.3 Å². The van der Waals surface area contributed by atoms with Crippen molar-refractivity contribution < 1.29 is 19.8 Å². The second kappa shape index (κ2) is 8.84. The number of aliphatic carboxylic acids is 1. The summed E-state index contributed by atoms with van der Waals surface area (Å²) in [7, 11) is 0. The molecule has 1 aromatic rings. The van der Waals surface area contributed by atoms with Crippen LogP contribution in [-0.2, 0) is 9.59 Å². The number of nitrogens with one attached hydrogen (secondary N) is 2. The van der Waals surface area contributed by atoms with Crippen LogP contribution in [0.3, 0.4) is 0 Å². The maximum atomic E-state index is 11.9. The summed E-state index contributed by atoms with van der Waals surface area (Å²) in [6.07, 6.45) is 0.148. The molecule has 0 saturated carbocycles. The van der Waals surface area contributed by atoms with Crippen molar-refractivity contribution in [3.05, 3.63) is 28.2 Å². The van der Waals surface area contributed by atoms with Gasteiger partial charge in [-0.25, -0.2) is 0 Å². The van der Waals surface area contributed by atoms with Crippen molar-refractivity contribution in [2.75, 3.05) is 18.5 Å². The van der Waals surface area contributed by atoms with Gasteiger partial charge in [0.25, 0.3) is 0 Å². The number of aliphatic hydroxyl groups excluding tert-OH is 1. The molecule has 0 radical (unpaired) electrons. The number of carboxylic acids is 1. The van der Waals surface area contributed by atoms with Crippen molar-refractivity contribution in [3.8, 4) is 0 Å². The molecule has 0 aliphatic heterocycles. The van der Waals surface area contributed by atoms with Crippen molar-refractivity contribution in [2.45, 2.75) is 18.9 Å². The highest BCUT2D eigenvalue weighted by Gasteiger charge is 2.21. The van der Waals surface area contributed by atoms with Crippen molar-refractivity contribution >= 4 is 40.8 Å². The molecule has 6 nitrogen and oxygen atoms in total. The van der Waals surface area contributed by atoms with E-state index in [-0.39, 0.29) is 18.1 Å². The zero-order valence-electron chi connectivity index (χ0n) is 11.1. The van der Waals surface area contributed by atoms with E-state index in [2.05, 4.69) is 10.6 Å². The van der Waals surface area contributed by atoms with Gasteiger partial charge in [0.2, 0.25) is 5.91 Å². The Hall–Kier alpha value is -1.34. The van der Waals surface area contributed by atoms with Gasteiger partial charge in [-0.3, -0.25) is 9.59 Å². The van der Waals surface area contributed by atoms with Crippen LogP contribution in [0.25, 0.3) is 0 Å². The summed E-state index contributed by atoms with van der Waals surface area (Å²) in [5, 5.41) is 23.4. The molecule has 116 valence electrons. The minimum absolute atomic E-state index is 0.0519. The SMILES string of the molecule is O=C(C[C@H](NCCCO)C(=O)O)Nc1cccc(Cl)c1Cl. The fourth-order valence-corrected chi connectivity index (χ4v) is 1.94. The minimum atomic E-state index is -1.14. The first-order chi connectivity index (χ1) is 9.95. The predicted molar refractivity (Wildman–Crippen MR) is 80.8 cm³/mol. The zero-order valence-corrected chi connectivity index (χ0v) is 12.6. The van der Waals surface area contributed by atoms with E-state index in [0.717, 1.165) is 0 Å². The van der Waals surface area contributed by atoms with Gasteiger partial charge in [0.15, 0.2) is 0 Å². The van der Waals surface area contributed by atoms with E-state index in [1.54, 1.807) is 18.2 Å². The van der Waals surface area contributed by atoms with Gasteiger partial charge in [0.05, 0.1) is 22.2 Å². The molecule has 21 heavy (non-hydrogen) atoms. The van der Waals surface area contributed by atoms with E-state index in [4.69, 9.17) is 33.4 Å². The highest BCUT2D eigenvalue weighted by Crippen LogP contribution is 2.29. The number of rotatable bonds is 8. The van der Waals surface area contributed by atoms with Crippen LogP contribution in [0.4, 0.5) is 5.69 Å². The molecule has 0 aliphatic carbocycles. The Morgan fingerprint density at radius 1 is 1.29 bits per heavy atom. The number of carbonyl (C=O) groups excluding carboxylic acids is 1. The summed E-state index contributed by atoms with van der Waals surface area (Å²) in [5.74, 6) is -1.64. The molecule has 0 bridgehead atoms. The molecule has 1 aromatic carbocycles. The molecule has 0 fully saturated rings.